The van der Waals surface area contributed by atoms with Crippen LogP contribution in [0.5, 0.6) is 0 Å². The minimum atomic E-state index is 0.185. The van der Waals surface area contributed by atoms with Gasteiger partial charge in [0, 0.05) is 6.42 Å². The summed E-state index contributed by atoms with van der Waals surface area (Å²) in [6.07, 6.45) is 7.07. The van der Waals surface area contributed by atoms with Crippen LogP contribution >= 0.6 is 0 Å². The molecular formula is C10H16O. The predicted molar refractivity (Wildman–Crippen MR) is 48.5 cm³/mol. The largest absolute Gasteiger partial charge is 0.295 e. The van der Waals surface area contributed by atoms with Crippen molar-refractivity contribution in [1.82, 2.24) is 0 Å². The molecule has 0 saturated heterocycles. The van der Waals surface area contributed by atoms with Gasteiger partial charge in [-0.1, -0.05) is 31.6 Å². The van der Waals surface area contributed by atoms with Gasteiger partial charge in [-0.05, 0) is 19.4 Å². The van der Waals surface area contributed by atoms with Gasteiger partial charge in [0.2, 0.25) is 0 Å². The number of allylic oxidation sites excluding steroid dienone is 4. The Labute approximate surface area is 68.8 Å². The summed E-state index contributed by atoms with van der Waals surface area (Å²) >= 11 is 0. The summed E-state index contributed by atoms with van der Waals surface area (Å²) in [5.41, 5.74) is 1.30. The number of carbonyl (C=O) groups excluding carboxylic acids is 1. The molecule has 1 heteroatoms. The molecule has 0 aliphatic carbocycles. The van der Waals surface area contributed by atoms with Crippen LogP contribution in [-0.2, 0) is 4.79 Å². The molecular weight excluding hydrogens is 136 g/mol. The number of hydrogen-bond acceptors (Lipinski definition) is 1. The third-order valence-electron chi connectivity index (χ3n) is 1.57. The van der Waals surface area contributed by atoms with Crippen molar-refractivity contribution in [2.75, 3.05) is 0 Å². The first kappa shape index (κ1) is 10.2. The van der Waals surface area contributed by atoms with Gasteiger partial charge in [0.15, 0.2) is 5.78 Å². The Bertz CT molecular complexity index is 175. The molecule has 1 nitrogen and oxygen atoms in total. The summed E-state index contributed by atoms with van der Waals surface area (Å²) < 4.78 is 0. The fourth-order valence-electron chi connectivity index (χ4n) is 0.555. The maximum Gasteiger partial charge on any atom is 0.155 e. The standard InChI is InChI=1S/C10H16O/c1-4-9(3)7-6-8-10(11)5-2/h6-8H,4-5H2,1-3H3/b8-6-,9-7+. The monoisotopic (exact) mass is 152 g/mol. The zero-order valence-corrected chi connectivity index (χ0v) is 7.55. The van der Waals surface area contributed by atoms with Crippen LogP contribution in [0.4, 0.5) is 0 Å². The molecule has 0 aliphatic heterocycles. The molecule has 0 spiro atoms. The smallest absolute Gasteiger partial charge is 0.155 e. The van der Waals surface area contributed by atoms with Crippen molar-refractivity contribution in [2.24, 2.45) is 0 Å². The van der Waals surface area contributed by atoms with Gasteiger partial charge in [-0.2, -0.15) is 0 Å². The highest BCUT2D eigenvalue weighted by Crippen LogP contribution is 1.97. The van der Waals surface area contributed by atoms with Gasteiger partial charge >= 0.3 is 0 Å². The Balaban J connectivity index is 3.85. The quantitative estimate of drug-likeness (QED) is 0.447. The van der Waals surface area contributed by atoms with Crippen LogP contribution in [-0.4, -0.2) is 5.78 Å². The Morgan fingerprint density at radius 3 is 2.36 bits per heavy atom. The Hall–Kier alpha value is -0.850. The molecule has 0 unspecified atom stereocenters. The molecule has 0 aromatic rings. The summed E-state index contributed by atoms with van der Waals surface area (Å²) in [5, 5.41) is 0. The van der Waals surface area contributed by atoms with Crippen molar-refractivity contribution in [1.29, 1.82) is 0 Å². The highest BCUT2D eigenvalue weighted by atomic mass is 16.1. The summed E-state index contributed by atoms with van der Waals surface area (Å²) in [6, 6.07) is 0. The van der Waals surface area contributed by atoms with Crippen LogP contribution < -0.4 is 0 Å². The van der Waals surface area contributed by atoms with Gasteiger partial charge in [-0.25, -0.2) is 0 Å². The Kier molecular flexibility index (Phi) is 5.44. The van der Waals surface area contributed by atoms with Crippen molar-refractivity contribution in [3.8, 4) is 0 Å². The number of hydrogen-bond donors (Lipinski definition) is 0. The SMILES string of the molecule is CCC(=O)/C=C\C=C(/C)CC. The predicted octanol–water partition coefficient (Wildman–Crippen LogP) is 2.88. The van der Waals surface area contributed by atoms with Crippen LogP contribution in [0.15, 0.2) is 23.8 Å². The summed E-state index contributed by atoms with van der Waals surface area (Å²) in [7, 11) is 0. The van der Waals surface area contributed by atoms with Gasteiger partial charge in [0.1, 0.15) is 0 Å². The molecule has 0 aromatic carbocycles. The normalized spacial score (nSPS) is 12.5. The zero-order valence-electron chi connectivity index (χ0n) is 7.55. The van der Waals surface area contributed by atoms with E-state index in [2.05, 4.69) is 13.8 Å². The second-order valence-corrected chi connectivity index (χ2v) is 2.55. The van der Waals surface area contributed by atoms with E-state index in [1.165, 1.54) is 5.57 Å². The summed E-state index contributed by atoms with van der Waals surface area (Å²) in [5.74, 6) is 0.185. The van der Waals surface area contributed by atoms with Crippen molar-refractivity contribution < 1.29 is 4.79 Å². The fourth-order valence-corrected chi connectivity index (χ4v) is 0.555. The van der Waals surface area contributed by atoms with E-state index in [1.54, 1.807) is 6.08 Å². The highest BCUT2D eigenvalue weighted by Gasteiger charge is 1.86. The van der Waals surface area contributed by atoms with E-state index in [4.69, 9.17) is 0 Å². The molecule has 0 atom stereocenters. The molecule has 0 saturated carbocycles. The maximum atomic E-state index is 10.8. The van der Waals surface area contributed by atoms with Crippen molar-refractivity contribution in [3.63, 3.8) is 0 Å². The first-order chi connectivity index (χ1) is 5.20. The minimum Gasteiger partial charge on any atom is -0.295 e. The molecule has 0 aliphatic rings. The van der Waals surface area contributed by atoms with Gasteiger partial charge in [-0.15, -0.1) is 0 Å². The second kappa shape index (κ2) is 5.90. The van der Waals surface area contributed by atoms with Crippen LogP contribution in [0, 0.1) is 0 Å². The molecule has 0 aromatic heterocycles. The Morgan fingerprint density at radius 1 is 1.27 bits per heavy atom. The average molecular weight is 152 g/mol. The minimum absolute atomic E-state index is 0.185. The van der Waals surface area contributed by atoms with E-state index in [0.717, 1.165) is 6.42 Å². The van der Waals surface area contributed by atoms with Crippen LogP contribution in [0.25, 0.3) is 0 Å². The van der Waals surface area contributed by atoms with Gasteiger partial charge in [-0.3, -0.25) is 4.79 Å². The summed E-state index contributed by atoms with van der Waals surface area (Å²) in [6.45, 7) is 6.02. The third kappa shape index (κ3) is 5.59. The van der Waals surface area contributed by atoms with Crippen LogP contribution in [0.3, 0.4) is 0 Å². The molecule has 0 N–H and O–H groups in total. The number of carbonyl (C=O) groups is 1. The molecule has 0 fully saturated rings. The van der Waals surface area contributed by atoms with E-state index in [1.807, 2.05) is 19.1 Å². The van der Waals surface area contributed by atoms with Crippen molar-refractivity contribution in [2.45, 2.75) is 33.6 Å². The molecule has 0 radical (unpaired) electrons. The first-order valence-corrected chi connectivity index (χ1v) is 4.07. The molecule has 0 rings (SSSR count). The van der Waals surface area contributed by atoms with E-state index < -0.39 is 0 Å². The van der Waals surface area contributed by atoms with Crippen LogP contribution in [0.1, 0.15) is 33.6 Å². The van der Waals surface area contributed by atoms with Gasteiger partial charge in [0.05, 0.1) is 0 Å². The van der Waals surface area contributed by atoms with Crippen molar-refractivity contribution >= 4 is 5.78 Å². The summed E-state index contributed by atoms with van der Waals surface area (Å²) in [4.78, 5) is 10.8. The van der Waals surface area contributed by atoms with Crippen molar-refractivity contribution in [3.05, 3.63) is 23.8 Å². The van der Waals surface area contributed by atoms with Gasteiger partial charge in [0.25, 0.3) is 0 Å². The molecule has 0 heterocycles. The zero-order chi connectivity index (χ0) is 8.69. The molecule has 0 bridgehead atoms. The lowest BCUT2D eigenvalue weighted by atomic mass is 10.2. The van der Waals surface area contributed by atoms with E-state index in [9.17, 15) is 4.79 Å². The molecule has 0 amide bonds. The van der Waals surface area contributed by atoms with E-state index in [0.29, 0.717) is 6.42 Å². The Morgan fingerprint density at radius 2 is 1.91 bits per heavy atom. The highest BCUT2D eigenvalue weighted by molar-refractivity contribution is 5.89. The lowest BCUT2D eigenvalue weighted by molar-refractivity contribution is -0.114. The maximum absolute atomic E-state index is 10.8. The molecule has 11 heavy (non-hydrogen) atoms. The molecule has 62 valence electrons. The average Bonchev–Trinajstić information content (AvgIpc) is 2.04. The first-order valence-electron chi connectivity index (χ1n) is 4.07. The van der Waals surface area contributed by atoms with E-state index in [-0.39, 0.29) is 5.78 Å². The lowest BCUT2D eigenvalue weighted by Gasteiger charge is -1.88. The fraction of sp³-hybridized carbons (Fsp3) is 0.500. The number of rotatable bonds is 4. The van der Waals surface area contributed by atoms with Gasteiger partial charge < -0.3 is 0 Å². The lowest BCUT2D eigenvalue weighted by Crippen LogP contribution is -1.85. The second-order valence-electron chi connectivity index (χ2n) is 2.55. The topological polar surface area (TPSA) is 17.1 Å². The van der Waals surface area contributed by atoms with E-state index >= 15 is 0 Å². The third-order valence-corrected chi connectivity index (χ3v) is 1.57. The number of ketones is 1. The van der Waals surface area contributed by atoms with Crippen LogP contribution in [0.2, 0.25) is 0 Å².